The van der Waals surface area contributed by atoms with Crippen LogP contribution in [0.3, 0.4) is 0 Å². The van der Waals surface area contributed by atoms with Crippen LogP contribution >= 0.6 is 22.6 Å². The summed E-state index contributed by atoms with van der Waals surface area (Å²) in [5.74, 6) is -0.528. The number of halogens is 2. The van der Waals surface area contributed by atoms with Crippen molar-refractivity contribution in [2.24, 2.45) is 0 Å². The zero-order valence-corrected chi connectivity index (χ0v) is 13.0. The van der Waals surface area contributed by atoms with Crippen molar-refractivity contribution in [3.63, 3.8) is 0 Å². The molecule has 0 aromatic heterocycles. The summed E-state index contributed by atoms with van der Waals surface area (Å²) in [4.78, 5) is 12.1. The van der Waals surface area contributed by atoms with E-state index in [1.54, 1.807) is 53.9 Å². The van der Waals surface area contributed by atoms with Gasteiger partial charge in [-0.2, -0.15) is 5.26 Å². The molecular formula is C14H9FIN3O2. The summed E-state index contributed by atoms with van der Waals surface area (Å²) < 4.78 is 13.9. The number of benzene rings is 2. The Balaban J connectivity index is 2.57. The Labute approximate surface area is 133 Å². The van der Waals surface area contributed by atoms with Gasteiger partial charge in [0.25, 0.3) is 5.69 Å². The van der Waals surface area contributed by atoms with Crippen LogP contribution in [0.4, 0.5) is 21.5 Å². The first-order valence-corrected chi connectivity index (χ1v) is 6.89. The predicted molar refractivity (Wildman–Crippen MR) is 85.0 cm³/mol. The lowest BCUT2D eigenvalue weighted by Gasteiger charge is -2.19. The molecule has 0 N–H and O–H groups in total. The molecule has 0 aliphatic heterocycles. The summed E-state index contributed by atoms with van der Waals surface area (Å²) in [6, 6.07) is 10.9. The minimum Gasteiger partial charge on any atom is -0.339 e. The highest BCUT2D eigenvalue weighted by Crippen LogP contribution is 2.35. The van der Waals surface area contributed by atoms with Crippen molar-refractivity contribution in [3.8, 4) is 6.07 Å². The van der Waals surface area contributed by atoms with Gasteiger partial charge in [-0.25, -0.2) is 4.39 Å². The molecule has 0 spiro atoms. The van der Waals surface area contributed by atoms with Crippen LogP contribution in [0.5, 0.6) is 0 Å². The van der Waals surface area contributed by atoms with Gasteiger partial charge < -0.3 is 4.90 Å². The first-order chi connectivity index (χ1) is 9.93. The molecule has 0 heterocycles. The normalized spacial score (nSPS) is 10.0. The first-order valence-electron chi connectivity index (χ1n) is 5.81. The third-order valence-corrected chi connectivity index (χ3v) is 3.76. The SMILES string of the molecule is CN(c1cccc(C#N)c1)c1cc(F)c(I)cc1[N+](=O)[O-]. The van der Waals surface area contributed by atoms with Crippen LogP contribution in [0.2, 0.25) is 0 Å². The molecule has 5 nitrogen and oxygen atoms in total. The van der Waals surface area contributed by atoms with E-state index in [2.05, 4.69) is 0 Å². The number of nitriles is 1. The number of anilines is 2. The molecule has 2 aromatic carbocycles. The second-order valence-corrected chi connectivity index (χ2v) is 5.40. The highest BCUT2D eigenvalue weighted by atomic mass is 127. The number of rotatable bonds is 3. The maximum Gasteiger partial charge on any atom is 0.294 e. The van der Waals surface area contributed by atoms with Gasteiger partial charge in [0.05, 0.1) is 20.1 Å². The Morgan fingerprint density at radius 1 is 1.38 bits per heavy atom. The lowest BCUT2D eigenvalue weighted by atomic mass is 10.2. The van der Waals surface area contributed by atoms with Gasteiger partial charge in [-0.15, -0.1) is 0 Å². The molecule has 0 radical (unpaired) electrons. The molecule has 0 atom stereocenters. The third-order valence-electron chi connectivity index (χ3n) is 2.94. The van der Waals surface area contributed by atoms with E-state index in [9.17, 15) is 14.5 Å². The van der Waals surface area contributed by atoms with E-state index < -0.39 is 10.7 Å². The van der Waals surface area contributed by atoms with E-state index in [4.69, 9.17) is 5.26 Å². The van der Waals surface area contributed by atoms with Crippen LogP contribution < -0.4 is 4.90 Å². The Morgan fingerprint density at radius 3 is 2.71 bits per heavy atom. The second-order valence-electron chi connectivity index (χ2n) is 4.23. The molecule has 106 valence electrons. The van der Waals surface area contributed by atoms with Crippen molar-refractivity contribution in [3.05, 3.63) is 61.5 Å². The molecule has 7 heteroatoms. The maximum atomic E-state index is 13.7. The van der Waals surface area contributed by atoms with Gasteiger partial charge in [-0.3, -0.25) is 10.1 Å². The van der Waals surface area contributed by atoms with Crippen LogP contribution in [-0.4, -0.2) is 12.0 Å². The van der Waals surface area contributed by atoms with Crippen molar-refractivity contribution in [1.29, 1.82) is 5.26 Å². The second kappa shape index (κ2) is 6.05. The molecule has 2 rings (SSSR count). The third kappa shape index (κ3) is 3.11. The van der Waals surface area contributed by atoms with Crippen LogP contribution in [0, 0.1) is 30.8 Å². The largest absolute Gasteiger partial charge is 0.339 e. The summed E-state index contributed by atoms with van der Waals surface area (Å²) in [5, 5.41) is 20.0. The zero-order valence-electron chi connectivity index (χ0n) is 10.9. The predicted octanol–water partition coefficient (Wildman–Crippen LogP) is 3.98. The monoisotopic (exact) mass is 397 g/mol. The smallest absolute Gasteiger partial charge is 0.294 e. The Bertz CT molecular complexity index is 758. The number of hydrogen-bond donors (Lipinski definition) is 0. The molecular weight excluding hydrogens is 388 g/mol. The van der Waals surface area contributed by atoms with Crippen LogP contribution in [0.1, 0.15) is 5.56 Å². The highest BCUT2D eigenvalue weighted by molar-refractivity contribution is 14.1. The maximum absolute atomic E-state index is 13.7. The molecule has 0 saturated heterocycles. The van der Waals surface area contributed by atoms with E-state index in [1.807, 2.05) is 6.07 Å². The lowest BCUT2D eigenvalue weighted by Crippen LogP contribution is -2.12. The van der Waals surface area contributed by atoms with E-state index in [0.29, 0.717) is 11.3 Å². The quantitative estimate of drug-likeness (QED) is 0.447. The van der Waals surface area contributed by atoms with Gasteiger partial charge in [0, 0.05) is 24.9 Å². The van der Waals surface area contributed by atoms with E-state index >= 15 is 0 Å². The molecule has 0 amide bonds. The van der Waals surface area contributed by atoms with Gasteiger partial charge in [-0.1, -0.05) is 6.07 Å². The van der Waals surface area contributed by atoms with Gasteiger partial charge in [0.15, 0.2) is 0 Å². The summed E-state index contributed by atoms with van der Waals surface area (Å²) in [7, 11) is 1.59. The highest BCUT2D eigenvalue weighted by Gasteiger charge is 2.21. The number of hydrogen-bond acceptors (Lipinski definition) is 4. The average Bonchev–Trinajstić information content (AvgIpc) is 2.48. The van der Waals surface area contributed by atoms with Crippen molar-refractivity contribution in [1.82, 2.24) is 0 Å². The molecule has 0 unspecified atom stereocenters. The average molecular weight is 397 g/mol. The molecule has 0 aliphatic carbocycles. The summed E-state index contributed by atoms with van der Waals surface area (Å²) in [6.07, 6.45) is 0. The Hall–Kier alpha value is -2.21. The topological polar surface area (TPSA) is 70.2 Å². The van der Waals surface area contributed by atoms with Gasteiger partial charge in [0.1, 0.15) is 11.5 Å². The number of nitro benzene ring substituents is 1. The molecule has 0 bridgehead atoms. The van der Waals surface area contributed by atoms with Crippen LogP contribution in [-0.2, 0) is 0 Å². The minimum atomic E-state index is -0.554. The standard InChI is InChI=1S/C14H9FIN3O2/c1-18(10-4-2-3-9(5-10)8-17)13-6-11(15)12(16)7-14(13)19(20)21/h2-7H,1H3. The van der Waals surface area contributed by atoms with Crippen LogP contribution in [0.25, 0.3) is 0 Å². The Kier molecular flexibility index (Phi) is 4.37. The number of nitro groups is 1. The summed E-state index contributed by atoms with van der Waals surface area (Å²) in [5.41, 5.74) is 0.935. The van der Waals surface area contributed by atoms with Crippen molar-refractivity contribution >= 4 is 39.7 Å². The van der Waals surface area contributed by atoms with Gasteiger partial charge in [0.2, 0.25) is 0 Å². The van der Waals surface area contributed by atoms with E-state index in [-0.39, 0.29) is 14.9 Å². The van der Waals surface area contributed by atoms with Crippen molar-refractivity contribution in [2.45, 2.75) is 0 Å². The summed E-state index contributed by atoms with van der Waals surface area (Å²) in [6.45, 7) is 0. The van der Waals surface area contributed by atoms with E-state index in [0.717, 1.165) is 6.07 Å². The first kappa shape index (κ1) is 15.2. The van der Waals surface area contributed by atoms with Crippen molar-refractivity contribution in [2.75, 3.05) is 11.9 Å². The Morgan fingerprint density at radius 2 is 2.10 bits per heavy atom. The fourth-order valence-electron chi connectivity index (χ4n) is 1.86. The minimum absolute atomic E-state index is 0.132. The van der Waals surface area contributed by atoms with Gasteiger partial charge >= 0.3 is 0 Å². The van der Waals surface area contributed by atoms with E-state index in [1.165, 1.54) is 11.0 Å². The lowest BCUT2D eigenvalue weighted by molar-refractivity contribution is -0.384. The molecule has 21 heavy (non-hydrogen) atoms. The number of nitrogens with zero attached hydrogens (tertiary/aromatic N) is 3. The molecule has 0 aliphatic rings. The van der Waals surface area contributed by atoms with Crippen molar-refractivity contribution < 1.29 is 9.31 Å². The fraction of sp³-hybridized carbons (Fsp3) is 0.0714. The van der Waals surface area contributed by atoms with Crippen LogP contribution in [0.15, 0.2) is 36.4 Å². The fourth-order valence-corrected chi connectivity index (χ4v) is 2.31. The summed E-state index contributed by atoms with van der Waals surface area (Å²) >= 11 is 1.71. The molecule has 2 aromatic rings. The molecule has 0 fully saturated rings. The van der Waals surface area contributed by atoms with Gasteiger partial charge in [-0.05, 0) is 40.8 Å². The zero-order chi connectivity index (χ0) is 15.6. The molecule has 0 saturated carbocycles.